The highest BCUT2D eigenvalue weighted by Crippen LogP contribution is 2.34. The quantitative estimate of drug-likeness (QED) is 0.481. The summed E-state index contributed by atoms with van der Waals surface area (Å²) in [5.74, 6) is -1.96. The molecule has 1 atom stereocenters. The van der Waals surface area contributed by atoms with E-state index in [1.54, 1.807) is 6.08 Å². The second-order valence-corrected chi connectivity index (χ2v) is 7.93. The molecule has 9 nitrogen and oxygen atoms in total. The van der Waals surface area contributed by atoms with Crippen molar-refractivity contribution in [2.75, 3.05) is 19.8 Å². The Morgan fingerprint density at radius 1 is 1.41 bits per heavy atom. The Labute approximate surface area is 183 Å². The van der Waals surface area contributed by atoms with Crippen LogP contribution in [0.1, 0.15) is 35.8 Å². The lowest BCUT2D eigenvalue weighted by Crippen LogP contribution is -2.38. The minimum absolute atomic E-state index is 0.136. The lowest BCUT2D eigenvalue weighted by molar-refractivity contribution is -0.192. The van der Waals surface area contributed by atoms with Gasteiger partial charge in [-0.15, -0.1) is 11.7 Å². The topological polar surface area (TPSA) is 98.3 Å². The molecule has 0 bridgehead atoms. The first-order valence-corrected chi connectivity index (χ1v) is 10.3. The molecule has 1 unspecified atom stereocenters. The molecule has 0 amide bonds. The van der Waals surface area contributed by atoms with Crippen LogP contribution in [0.25, 0.3) is 0 Å². The maximum absolute atomic E-state index is 10.6. The first-order chi connectivity index (χ1) is 15.2. The number of aliphatic carboxylic acids is 1. The monoisotopic (exact) mass is 456 g/mol. The van der Waals surface area contributed by atoms with Gasteiger partial charge >= 0.3 is 12.1 Å². The number of aromatic nitrogens is 5. The van der Waals surface area contributed by atoms with Gasteiger partial charge in [-0.1, -0.05) is 11.3 Å². The van der Waals surface area contributed by atoms with Gasteiger partial charge in [-0.25, -0.2) is 9.48 Å². The number of hydrogen-bond acceptors (Lipinski definition) is 6. The van der Waals surface area contributed by atoms with Crippen LogP contribution >= 0.6 is 0 Å². The normalized spacial score (nSPS) is 18.6. The number of hydrogen-bond donors (Lipinski definition) is 1. The molecule has 1 fully saturated rings. The molecule has 0 saturated heterocycles. The van der Waals surface area contributed by atoms with Gasteiger partial charge in [0, 0.05) is 44.9 Å². The third-order valence-electron chi connectivity index (χ3n) is 5.29. The van der Waals surface area contributed by atoms with E-state index in [-0.39, 0.29) is 6.04 Å². The van der Waals surface area contributed by atoms with Crippen LogP contribution in [0.15, 0.2) is 25.0 Å². The van der Waals surface area contributed by atoms with Gasteiger partial charge in [0.2, 0.25) is 0 Å². The van der Waals surface area contributed by atoms with Crippen molar-refractivity contribution in [2.45, 2.75) is 44.6 Å². The Morgan fingerprint density at radius 3 is 2.69 bits per heavy atom. The van der Waals surface area contributed by atoms with Gasteiger partial charge in [-0.3, -0.25) is 9.58 Å². The maximum Gasteiger partial charge on any atom is 0.490 e. The summed E-state index contributed by atoms with van der Waals surface area (Å²) < 4.78 is 41.5. The summed E-state index contributed by atoms with van der Waals surface area (Å²) in [6.07, 6.45) is 4.36. The minimum atomic E-state index is -5.08. The third kappa shape index (κ3) is 6.39. The van der Waals surface area contributed by atoms with Crippen LogP contribution in [0.4, 0.5) is 13.2 Å². The molecule has 1 aliphatic carbocycles. The van der Waals surface area contributed by atoms with E-state index in [9.17, 15) is 13.2 Å². The average Bonchev–Trinajstić information content (AvgIpc) is 3.31. The molecule has 1 saturated carbocycles. The highest BCUT2D eigenvalue weighted by molar-refractivity contribution is 5.73. The zero-order valence-corrected chi connectivity index (χ0v) is 17.8. The number of carboxylic acid groups (broad SMARTS) is 1. The predicted molar refractivity (Wildman–Crippen MR) is 108 cm³/mol. The van der Waals surface area contributed by atoms with Gasteiger partial charge < -0.3 is 9.84 Å². The van der Waals surface area contributed by atoms with Crippen molar-refractivity contribution in [1.29, 1.82) is 0 Å². The van der Waals surface area contributed by atoms with Crippen LogP contribution in [0.2, 0.25) is 0 Å². The molecule has 2 aromatic rings. The first-order valence-electron chi connectivity index (χ1n) is 10.3. The second kappa shape index (κ2) is 10.3. The van der Waals surface area contributed by atoms with Gasteiger partial charge in [-0.05, 0) is 18.8 Å². The molecule has 0 spiro atoms. The summed E-state index contributed by atoms with van der Waals surface area (Å²) in [6, 6.07) is 0.136. The van der Waals surface area contributed by atoms with E-state index in [0.717, 1.165) is 37.7 Å². The van der Waals surface area contributed by atoms with E-state index < -0.39 is 12.1 Å². The summed E-state index contributed by atoms with van der Waals surface area (Å²) >= 11 is 0. The molecule has 0 radical (unpaired) electrons. The summed E-state index contributed by atoms with van der Waals surface area (Å²) in [5.41, 5.74) is 3.59. The van der Waals surface area contributed by atoms with Crippen molar-refractivity contribution in [3.05, 3.63) is 42.0 Å². The molecule has 4 rings (SSSR count). The molecule has 176 valence electrons. The number of fused-ring (bicyclic) bond motifs is 1. The summed E-state index contributed by atoms with van der Waals surface area (Å²) in [7, 11) is 1.95. The second-order valence-electron chi connectivity index (χ2n) is 7.93. The molecule has 0 aromatic carbocycles. The van der Waals surface area contributed by atoms with E-state index in [1.807, 2.05) is 17.9 Å². The Kier molecular flexibility index (Phi) is 7.67. The largest absolute Gasteiger partial charge is 0.490 e. The summed E-state index contributed by atoms with van der Waals surface area (Å²) in [6.45, 7) is 7.77. The Morgan fingerprint density at radius 2 is 2.12 bits per heavy atom. The molecule has 32 heavy (non-hydrogen) atoms. The van der Waals surface area contributed by atoms with Gasteiger partial charge in [0.25, 0.3) is 0 Å². The maximum atomic E-state index is 10.6. The fourth-order valence-electron chi connectivity index (χ4n) is 3.56. The number of nitrogens with zero attached hydrogens (tertiary/aromatic N) is 6. The van der Waals surface area contributed by atoms with Gasteiger partial charge in [0.05, 0.1) is 31.1 Å². The Bertz CT molecular complexity index is 922. The highest BCUT2D eigenvalue weighted by atomic mass is 19.4. The number of carboxylic acids is 1. The Balaban J connectivity index is 0.000000360. The number of rotatable bonds is 8. The van der Waals surface area contributed by atoms with Crippen molar-refractivity contribution in [3.8, 4) is 0 Å². The van der Waals surface area contributed by atoms with Gasteiger partial charge in [0.15, 0.2) is 0 Å². The number of carbonyl (C=O) groups is 1. The summed E-state index contributed by atoms with van der Waals surface area (Å²) in [5, 5.41) is 20.4. The number of alkyl halides is 3. The molecule has 12 heteroatoms. The number of aryl methyl sites for hydroxylation is 1. The molecule has 1 N–H and O–H groups in total. The van der Waals surface area contributed by atoms with Crippen molar-refractivity contribution in [1.82, 2.24) is 29.7 Å². The number of ether oxygens (including phenoxy) is 1. The average molecular weight is 456 g/mol. The molecule has 3 heterocycles. The van der Waals surface area contributed by atoms with Crippen molar-refractivity contribution < 1.29 is 27.8 Å². The highest BCUT2D eigenvalue weighted by Gasteiger charge is 2.38. The first kappa shape index (κ1) is 23.9. The van der Waals surface area contributed by atoms with E-state index in [4.69, 9.17) is 14.6 Å². The van der Waals surface area contributed by atoms with Crippen LogP contribution in [0, 0.1) is 5.92 Å². The van der Waals surface area contributed by atoms with E-state index in [0.29, 0.717) is 13.2 Å². The van der Waals surface area contributed by atoms with Gasteiger partial charge in [-0.2, -0.15) is 18.3 Å². The van der Waals surface area contributed by atoms with Crippen LogP contribution in [-0.4, -0.2) is 66.7 Å². The van der Waals surface area contributed by atoms with Crippen LogP contribution in [-0.2, 0) is 36.1 Å². The lowest BCUT2D eigenvalue weighted by Gasteiger charge is -2.34. The standard InChI is InChI=1S/C18H26N6O.C2HF3O2/c1-3-8-25-13-17-18-16(24(21-20-18)12-14-4-5-14)6-7-23(17)11-15-9-19-22(2)10-15;3-2(4,5)1(6)7/h3,9-10,14,17H,1,4-8,11-13H2,2H3;(H,6,7). The lowest BCUT2D eigenvalue weighted by atomic mass is 10.0. The smallest absolute Gasteiger partial charge is 0.475 e. The fraction of sp³-hybridized carbons (Fsp3) is 0.600. The number of halogens is 3. The fourth-order valence-corrected chi connectivity index (χ4v) is 3.56. The van der Waals surface area contributed by atoms with Gasteiger partial charge in [0.1, 0.15) is 5.69 Å². The van der Waals surface area contributed by atoms with Crippen molar-refractivity contribution in [2.24, 2.45) is 13.0 Å². The molecule has 2 aliphatic rings. The molecule has 1 aliphatic heterocycles. The van der Waals surface area contributed by atoms with Crippen molar-refractivity contribution in [3.63, 3.8) is 0 Å². The molecular weight excluding hydrogens is 429 g/mol. The zero-order chi connectivity index (χ0) is 23.3. The summed E-state index contributed by atoms with van der Waals surface area (Å²) in [4.78, 5) is 11.3. The van der Waals surface area contributed by atoms with E-state index in [1.165, 1.54) is 24.1 Å². The van der Waals surface area contributed by atoms with E-state index >= 15 is 0 Å². The van der Waals surface area contributed by atoms with Crippen LogP contribution in [0.3, 0.4) is 0 Å². The van der Waals surface area contributed by atoms with Crippen molar-refractivity contribution >= 4 is 5.97 Å². The minimum Gasteiger partial charge on any atom is -0.475 e. The third-order valence-corrected chi connectivity index (χ3v) is 5.29. The SMILES string of the molecule is C=CCOCC1c2nnn(CC3CC3)c2CCN1Cc1cnn(C)c1.O=C(O)C(F)(F)F. The van der Waals surface area contributed by atoms with Crippen LogP contribution < -0.4 is 0 Å². The molecular formula is C20H27F3N6O3. The van der Waals surface area contributed by atoms with E-state index in [2.05, 4.69) is 37.8 Å². The zero-order valence-electron chi connectivity index (χ0n) is 17.8. The Hall–Kier alpha value is -2.73. The van der Waals surface area contributed by atoms with Crippen LogP contribution in [0.5, 0.6) is 0 Å². The predicted octanol–water partition coefficient (Wildman–Crippen LogP) is 2.36. The molecule has 2 aromatic heterocycles.